The number of carbonyl (C=O) groups is 2. The van der Waals surface area contributed by atoms with E-state index in [1.54, 1.807) is 36.4 Å². The number of phenols is 1. The number of hydrogen-bond acceptors (Lipinski definition) is 4. The maximum atomic E-state index is 12.2. The third-order valence-corrected chi connectivity index (χ3v) is 4.02. The Kier molecular flexibility index (Phi) is 7.35. The zero-order chi connectivity index (χ0) is 18.9. The molecule has 0 atom stereocenters. The van der Waals surface area contributed by atoms with E-state index in [-0.39, 0.29) is 11.7 Å². The van der Waals surface area contributed by atoms with Crippen LogP contribution in [0.2, 0.25) is 0 Å². The van der Waals surface area contributed by atoms with Gasteiger partial charge in [-0.15, -0.1) is 0 Å². The van der Waals surface area contributed by atoms with Gasteiger partial charge in [-0.05, 0) is 42.8 Å². The lowest BCUT2D eigenvalue weighted by Gasteiger charge is -2.06. The highest BCUT2D eigenvalue weighted by Crippen LogP contribution is 2.20. The van der Waals surface area contributed by atoms with E-state index in [9.17, 15) is 14.7 Å². The Labute approximate surface area is 160 Å². The lowest BCUT2D eigenvalue weighted by Crippen LogP contribution is -2.18. The second kappa shape index (κ2) is 9.72. The molecule has 136 valence electrons. The van der Waals surface area contributed by atoms with Crippen molar-refractivity contribution in [1.29, 1.82) is 0 Å². The van der Waals surface area contributed by atoms with Gasteiger partial charge in [0, 0.05) is 27.7 Å². The van der Waals surface area contributed by atoms with E-state index in [1.807, 2.05) is 6.92 Å². The molecule has 0 radical (unpaired) electrons. The highest BCUT2D eigenvalue weighted by molar-refractivity contribution is 9.10. The van der Waals surface area contributed by atoms with Crippen molar-refractivity contribution in [1.82, 2.24) is 5.43 Å². The molecule has 3 N–H and O–H groups in total. The molecule has 0 fully saturated rings. The summed E-state index contributed by atoms with van der Waals surface area (Å²) < 4.78 is 0.787. The van der Waals surface area contributed by atoms with Gasteiger partial charge in [0.25, 0.3) is 5.91 Å². The smallest absolute Gasteiger partial charge is 0.271 e. The van der Waals surface area contributed by atoms with Crippen molar-refractivity contribution in [3.05, 3.63) is 58.1 Å². The standard InChI is InChI=1S/C19H20BrN3O3/c1-2-3-7-18(25)22-16-6-4-5-13(11-16)19(26)23-21-12-14-10-15(20)8-9-17(14)24/h4-6,8-12,24H,2-3,7H2,1H3,(H,22,25)(H,23,26)/b21-12+. The van der Waals surface area contributed by atoms with Gasteiger partial charge in [-0.25, -0.2) is 5.43 Å². The van der Waals surface area contributed by atoms with Gasteiger partial charge in [0.05, 0.1) is 6.21 Å². The molecule has 0 aliphatic carbocycles. The van der Waals surface area contributed by atoms with Crippen LogP contribution in [-0.2, 0) is 4.79 Å². The summed E-state index contributed by atoms with van der Waals surface area (Å²) in [4.78, 5) is 24.0. The first-order valence-electron chi connectivity index (χ1n) is 8.21. The van der Waals surface area contributed by atoms with Gasteiger partial charge in [-0.1, -0.05) is 35.3 Å². The number of rotatable bonds is 7. The number of aromatic hydroxyl groups is 1. The van der Waals surface area contributed by atoms with E-state index < -0.39 is 5.91 Å². The Morgan fingerprint density at radius 1 is 1.23 bits per heavy atom. The van der Waals surface area contributed by atoms with Gasteiger partial charge in [-0.2, -0.15) is 5.10 Å². The van der Waals surface area contributed by atoms with E-state index in [0.717, 1.165) is 17.3 Å². The first-order chi connectivity index (χ1) is 12.5. The zero-order valence-electron chi connectivity index (χ0n) is 14.3. The first kappa shape index (κ1) is 19.7. The van der Waals surface area contributed by atoms with E-state index in [2.05, 4.69) is 31.8 Å². The Bertz CT molecular complexity index is 821. The highest BCUT2D eigenvalue weighted by atomic mass is 79.9. The normalized spacial score (nSPS) is 10.7. The molecule has 0 unspecified atom stereocenters. The number of hydrazone groups is 1. The van der Waals surface area contributed by atoms with Gasteiger partial charge in [0.2, 0.25) is 5.91 Å². The van der Waals surface area contributed by atoms with Crippen molar-refractivity contribution in [2.75, 3.05) is 5.32 Å². The van der Waals surface area contributed by atoms with Crippen molar-refractivity contribution < 1.29 is 14.7 Å². The maximum Gasteiger partial charge on any atom is 0.271 e. The van der Waals surface area contributed by atoms with Crippen LogP contribution in [0.3, 0.4) is 0 Å². The van der Waals surface area contributed by atoms with Crippen LogP contribution < -0.4 is 10.7 Å². The number of nitrogens with zero attached hydrogens (tertiary/aromatic N) is 1. The fraction of sp³-hybridized carbons (Fsp3) is 0.211. The van der Waals surface area contributed by atoms with Crippen molar-refractivity contribution in [2.45, 2.75) is 26.2 Å². The zero-order valence-corrected chi connectivity index (χ0v) is 15.9. The minimum atomic E-state index is -0.416. The summed E-state index contributed by atoms with van der Waals surface area (Å²) in [7, 11) is 0. The summed E-state index contributed by atoms with van der Waals surface area (Å²) in [6.45, 7) is 2.02. The number of phenolic OH excluding ortho intramolecular Hbond substituents is 1. The van der Waals surface area contributed by atoms with E-state index >= 15 is 0 Å². The summed E-state index contributed by atoms with van der Waals surface area (Å²) in [5.74, 6) is -0.434. The Morgan fingerprint density at radius 2 is 2.04 bits per heavy atom. The van der Waals surface area contributed by atoms with Crippen LogP contribution in [0.4, 0.5) is 5.69 Å². The third-order valence-electron chi connectivity index (χ3n) is 3.53. The predicted octanol–water partition coefficient (Wildman–Crippen LogP) is 4.05. The summed E-state index contributed by atoms with van der Waals surface area (Å²) in [5, 5.41) is 16.4. The second-order valence-corrected chi connectivity index (χ2v) is 6.55. The minimum Gasteiger partial charge on any atom is -0.507 e. The third kappa shape index (κ3) is 6.00. The number of carbonyl (C=O) groups excluding carboxylic acids is 2. The molecule has 0 spiro atoms. The molecule has 6 nitrogen and oxygen atoms in total. The molecular weight excluding hydrogens is 398 g/mol. The molecule has 7 heteroatoms. The molecule has 0 bridgehead atoms. The second-order valence-electron chi connectivity index (χ2n) is 5.63. The molecule has 0 saturated carbocycles. The molecule has 2 amide bonds. The Morgan fingerprint density at radius 3 is 2.81 bits per heavy atom. The fourth-order valence-electron chi connectivity index (χ4n) is 2.15. The van der Waals surface area contributed by atoms with Crippen LogP contribution in [-0.4, -0.2) is 23.1 Å². The fourth-order valence-corrected chi connectivity index (χ4v) is 2.53. The predicted molar refractivity (Wildman–Crippen MR) is 105 cm³/mol. The molecule has 0 aliphatic heterocycles. The number of hydrogen-bond donors (Lipinski definition) is 3. The monoisotopic (exact) mass is 417 g/mol. The van der Waals surface area contributed by atoms with Crippen molar-refractivity contribution in [3.8, 4) is 5.75 Å². The summed E-state index contributed by atoms with van der Waals surface area (Å²) in [5.41, 5.74) is 3.80. The molecule has 2 aromatic rings. The molecule has 2 aromatic carbocycles. The molecule has 0 heterocycles. The van der Waals surface area contributed by atoms with E-state index in [0.29, 0.717) is 23.2 Å². The summed E-state index contributed by atoms with van der Waals surface area (Å²) in [6, 6.07) is 11.5. The average Bonchev–Trinajstić information content (AvgIpc) is 2.63. The van der Waals surface area contributed by atoms with E-state index in [1.165, 1.54) is 12.3 Å². The van der Waals surface area contributed by atoms with Crippen LogP contribution in [0.25, 0.3) is 0 Å². The van der Waals surface area contributed by atoms with Gasteiger partial charge in [0.1, 0.15) is 5.75 Å². The molecular formula is C19H20BrN3O3. The molecule has 0 aromatic heterocycles. The van der Waals surface area contributed by atoms with Crippen LogP contribution >= 0.6 is 15.9 Å². The van der Waals surface area contributed by atoms with Crippen molar-refractivity contribution in [3.63, 3.8) is 0 Å². The summed E-state index contributed by atoms with van der Waals surface area (Å²) >= 11 is 3.30. The molecule has 26 heavy (non-hydrogen) atoms. The topological polar surface area (TPSA) is 90.8 Å². The van der Waals surface area contributed by atoms with Crippen LogP contribution in [0, 0.1) is 0 Å². The number of nitrogens with one attached hydrogen (secondary N) is 2. The maximum absolute atomic E-state index is 12.2. The SMILES string of the molecule is CCCCC(=O)Nc1cccc(C(=O)N/N=C/c2cc(Br)ccc2O)c1. The molecule has 0 saturated heterocycles. The molecule has 0 aliphatic rings. The van der Waals surface area contributed by atoms with Crippen LogP contribution in [0.15, 0.2) is 52.0 Å². The summed E-state index contributed by atoms with van der Waals surface area (Å²) in [6.07, 6.45) is 3.58. The van der Waals surface area contributed by atoms with Crippen molar-refractivity contribution in [2.24, 2.45) is 5.10 Å². The lowest BCUT2D eigenvalue weighted by molar-refractivity contribution is -0.116. The number of anilines is 1. The van der Waals surface area contributed by atoms with Gasteiger partial charge >= 0.3 is 0 Å². The van der Waals surface area contributed by atoms with Crippen LogP contribution in [0.5, 0.6) is 5.75 Å². The van der Waals surface area contributed by atoms with Gasteiger partial charge < -0.3 is 10.4 Å². The number of amides is 2. The average molecular weight is 418 g/mol. The van der Waals surface area contributed by atoms with Crippen LogP contribution in [0.1, 0.15) is 42.1 Å². The first-order valence-corrected chi connectivity index (χ1v) is 9.00. The van der Waals surface area contributed by atoms with Crippen molar-refractivity contribution >= 4 is 39.6 Å². The lowest BCUT2D eigenvalue weighted by atomic mass is 10.2. The van der Waals surface area contributed by atoms with Gasteiger partial charge in [-0.3, -0.25) is 9.59 Å². The van der Waals surface area contributed by atoms with E-state index in [4.69, 9.17) is 0 Å². The Hall–Kier alpha value is -2.67. The number of halogens is 1. The highest BCUT2D eigenvalue weighted by Gasteiger charge is 2.07. The largest absolute Gasteiger partial charge is 0.507 e. The minimum absolute atomic E-state index is 0.0583. The number of benzene rings is 2. The Balaban J connectivity index is 1.99. The van der Waals surface area contributed by atoms with Gasteiger partial charge in [0.15, 0.2) is 0 Å². The quantitative estimate of drug-likeness (QED) is 0.468. The number of unbranched alkanes of at least 4 members (excludes halogenated alkanes) is 1. The molecule has 2 rings (SSSR count).